The summed E-state index contributed by atoms with van der Waals surface area (Å²) in [5.41, 5.74) is 0. The van der Waals surface area contributed by atoms with Gasteiger partial charge in [-0.1, -0.05) is 0 Å². The molecule has 0 aromatic rings. The Bertz CT molecular complexity index is 1140. The molecule has 0 bridgehead atoms. The normalized spacial score (nSPS) is 47.8. The van der Waals surface area contributed by atoms with Gasteiger partial charge in [0.15, 0.2) is 25.2 Å². The quantitative estimate of drug-likeness (QED) is 0.0881. The number of rotatable bonds is 12. The van der Waals surface area contributed by atoms with E-state index in [2.05, 4.69) is 10.6 Å². The van der Waals surface area contributed by atoms with Crippen LogP contribution in [0.3, 0.4) is 0 Å². The molecule has 14 N–H and O–H groups in total. The zero-order valence-corrected chi connectivity index (χ0v) is 27.4. The van der Waals surface area contributed by atoms with Crippen molar-refractivity contribution in [2.24, 2.45) is 0 Å². The molecule has 4 saturated heterocycles. The van der Waals surface area contributed by atoms with E-state index in [1.165, 1.54) is 0 Å². The average molecular weight is 749 g/mol. The highest BCUT2D eigenvalue weighted by Gasteiger charge is 2.55. The number of ether oxygens (including phenoxy) is 7. The Morgan fingerprint density at radius 2 is 0.961 bits per heavy atom. The van der Waals surface area contributed by atoms with Crippen LogP contribution in [-0.2, 0) is 42.7 Å². The van der Waals surface area contributed by atoms with Gasteiger partial charge in [-0.3, -0.25) is 9.59 Å². The van der Waals surface area contributed by atoms with E-state index in [-0.39, 0.29) is 0 Å². The Kier molecular flexibility index (Phi) is 14.8. The van der Waals surface area contributed by atoms with Crippen molar-refractivity contribution in [1.29, 1.82) is 0 Å². The maximum absolute atomic E-state index is 12.3. The molecule has 4 heterocycles. The molecule has 0 aromatic heterocycles. The second-order valence-electron chi connectivity index (χ2n) is 12.7. The van der Waals surface area contributed by atoms with Gasteiger partial charge in [0.2, 0.25) is 11.8 Å². The topological polar surface area (TPSA) is 366 Å². The third kappa shape index (κ3) is 9.29. The lowest BCUT2D eigenvalue weighted by Gasteiger charge is -2.49. The van der Waals surface area contributed by atoms with Crippen LogP contribution in [0.15, 0.2) is 0 Å². The lowest BCUT2D eigenvalue weighted by Crippen LogP contribution is -2.69. The molecule has 0 radical (unpaired) electrons. The fourth-order valence-electron chi connectivity index (χ4n) is 6.24. The summed E-state index contributed by atoms with van der Waals surface area (Å²) in [4.78, 5) is 23.7. The summed E-state index contributed by atoms with van der Waals surface area (Å²) in [7, 11) is 0. The molecule has 296 valence electrons. The first kappa shape index (κ1) is 41.9. The van der Waals surface area contributed by atoms with E-state index in [4.69, 9.17) is 33.2 Å². The van der Waals surface area contributed by atoms with Gasteiger partial charge in [0.1, 0.15) is 97.5 Å². The second kappa shape index (κ2) is 18.0. The first-order chi connectivity index (χ1) is 24.0. The van der Waals surface area contributed by atoms with Gasteiger partial charge in [-0.05, 0) is 0 Å². The summed E-state index contributed by atoms with van der Waals surface area (Å²) in [6.45, 7) is -1.04. The van der Waals surface area contributed by atoms with Crippen molar-refractivity contribution < 1.29 is 104 Å². The van der Waals surface area contributed by atoms with Gasteiger partial charge in [-0.15, -0.1) is 0 Å². The van der Waals surface area contributed by atoms with Crippen molar-refractivity contribution in [2.45, 2.75) is 137 Å². The zero-order valence-electron chi connectivity index (χ0n) is 27.4. The summed E-state index contributed by atoms with van der Waals surface area (Å²) < 4.78 is 39.0. The van der Waals surface area contributed by atoms with Crippen LogP contribution < -0.4 is 10.6 Å². The summed E-state index contributed by atoms with van der Waals surface area (Å²) in [6, 6.07) is -2.90. The minimum absolute atomic E-state index is 0.629. The smallest absolute Gasteiger partial charge is 0.217 e. The number of nitrogens with one attached hydrogen (secondary N) is 2. The number of carbonyl (C=O) groups excluding carboxylic acids is 2. The fourth-order valence-corrected chi connectivity index (χ4v) is 6.24. The largest absolute Gasteiger partial charge is 0.394 e. The van der Waals surface area contributed by atoms with E-state index in [9.17, 15) is 70.9 Å². The Labute approximate surface area is 289 Å². The van der Waals surface area contributed by atoms with Crippen molar-refractivity contribution in [3.8, 4) is 0 Å². The highest BCUT2D eigenvalue weighted by Crippen LogP contribution is 2.33. The molecule has 0 aromatic carbocycles. The summed E-state index contributed by atoms with van der Waals surface area (Å²) in [6.07, 6.45) is -31.4. The molecule has 4 aliphatic heterocycles. The molecule has 20 atom stereocenters. The Balaban J connectivity index is 1.54. The monoisotopic (exact) mass is 748 g/mol. The highest BCUT2D eigenvalue weighted by molar-refractivity contribution is 5.73. The van der Waals surface area contributed by atoms with Crippen LogP contribution in [0.2, 0.25) is 0 Å². The van der Waals surface area contributed by atoms with Gasteiger partial charge in [0.25, 0.3) is 0 Å². The van der Waals surface area contributed by atoms with E-state index >= 15 is 0 Å². The van der Waals surface area contributed by atoms with Crippen LogP contribution >= 0.6 is 0 Å². The molecule has 4 rings (SSSR count). The molecule has 0 unspecified atom stereocenters. The maximum Gasteiger partial charge on any atom is 0.217 e. The number of amides is 2. The number of aliphatic hydroxyl groups excluding tert-OH is 12. The predicted molar refractivity (Wildman–Crippen MR) is 157 cm³/mol. The fraction of sp³-hybridized carbons (Fsp3) is 0.929. The molecular weight excluding hydrogens is 700 g/mol. The molecule has 0 aliphatic carbocycles. The average Bonchev–Trinajstić information content (AvgIpc) is 3.08. The van der Waals surface area contributed by atoms with Crippen molar-refractivity contribution >= 4 is 11.8 Å². The Morgan fingerprint density at radius 3 is 1.51 bits per heavy atom. The maximum atomic E-state index is 12.3. The van der Waals surface area contributed by atoms with Crippen LogP contribution in [0.4, 0.5) is 0 Å². The molecule has 0 saturated carbocycles. The molecule has 2 amide bonds. The molecular formula is C28H48N2O21. The molecule has 0 spiro atoms. The minimum Gasteiger partial charge on any atom is -0.394 e. The SMILES string of the molecule is CC(=O)N[C@@H]1[C@@H](O)[C@@H](O)[C@@H](CO[C@@H]2O[C@H](CO)[C@@H](O)[C@H](O[C@@H]3O[C@H](CO)[C@H](O)[C@H](O[C@H]4O[C@H](CO)[C@H](O)[C@H](O)[C@H]4O)[C@H]3O)[C@H]2NC(C)=O)O[C@H]1O. The first-order valence-electron chi connectivity index (χ1n) is 16.1. The lowest BCUT2D eigenvalue weighted by atomic mass is 9.94. The van der Waals surface area contributed by atoms with Crippen molar-refractivity contribution in [2.75, 3.05) is 26.4 Å². The van der Waals surface area contributed by atoms with E-state index in [1.54, 1.807) is 0 Å². The van der Waals surface area contributed by atoms with Gasteiger partial charge in [-0.2, -0.15) is 0 Å². The number of hydrogen-bond donors (Lipinski definition) is 14. The van der Waals surface area contributed by atoms with Crippen molar-refractivity contribution in [3.63, 3.8) is 0 Å². The lowest BCUT2D eigenvalue weighted by molar-refractivity contribution is -0.375. The van der Waals surface area contributed by atoms with Crippen LogP contribution in [-0.4, -0.2) is 222 Å². The van der Waals surface area contributed by atoms with Crippen LogP contribution in [0.25, 0.3) is 0 Å². The van der Waals surface area contributed by atoms with E-state index in [0.29, 0.717) is 0 Å². The molecule has 23 nitrogen and oxygen atoms in total. The van der Waals surface area contributed by atoms with E-state index < -0.39 is 161 Å². The van der Waals surface area contributed by atoms with Gasteiger partial charge >= 0.3 is 0 Å². The predicted octanol–water partition coefficient (Wildman–Crippen LogP) is -9.46. The van der Waals surface area contributed by atoms with Crippen LogP contribution in [0.1, 0.15) is 13.8 Å². The third-order valence-electron chi connectivity index (χ3n) is 8.99. The number of hydrogen-bond acceptors (Lipinski definition) is 21. The summed E-state index contributed by atoms with van der Waals surface area (Å²) in [5.74, 6) is -1.35. The van der Waals surface area contributed by atoms with E-state index in [0.717, 1.165) is 13.8 Å². The highest BCUT2D eigenvalue weighted by atomic mass is 16.8. The molecule has 23 heteroatoms. The Hall–Kier alpha value is -1.82. The number of aliphatic hydroxyl groups is 12. The second-order valence-corrected chi connectivity index (χ2v) is 12.7. The number of carbonyl (C=O) groups is 2. The van der Waals surface area contributed by atoms with Gasteiger partial charge < -0.3 is 105 Å². The third-order valence-corrected chi connectivity index (χ3v) is 8.99. The van der Waals surface area contributed by atoms with Gasteiger partial charge in [0.05, 0.1) is 26.4 Å². The molecule has 51 heavy (non-hydrogen) atoms. The first-order valence-corrected chi connectivity index (χ1v) is 16.1. The van der Waals surface area contributed by atoms with Crippen molar-refractivity contribution in [3.05, 3.63) is 0 Å². The molecule has 4 aliphatic rings. The zero-order chi connectivity index (χ0) is 37.9. The minimum atomic E-state index is -2.04. The summed E-state index contributed by atoms with van der Waals surface area (Å²) >= 11 is 0. The standard InChI is InChI=1S/C28H48N2O21/c1-7(34)29-13-19(40)16(37)12(46-25(13)44)6-45-26-14(30-8(2)35)23(17(38)10(4-32)47-26)50-28-22(43)24(18(39)11(5-33)49-28)51-27-21(42)20(41)15(36)9(3-31)48-27/h9-28,31-33,36-44H,3-6H2,1-2H3,(H,29,34)(H,30,35)/t9-,10-,11-,12-,13-,14-,15+,16+,17-,18+,19-,20+,21-,22-,23-,24+,25-,26-,27-,28+/m1/s1. The Morgan fingerprint density at radius 1 is 0.510 bits per heavy atom. The van der Waals surface area contributed by atoms with Gasteiger partial charge in [0, 0.05) is 13.8 Å². The van der Waals surface area contributed by atoms with E-state index in [1.807, 2.05) is 0 Å². The van der Waals surface area contributed by atoms with Crippen LogP contribution in [0.5, 0.6) is 0 Å². The molecule has 4 fully saturated rings. The summed E-state index contributed by atoms with van der Waals surface area (Å²) in [5, 5.41) is 129. The van der Waals surface area contributed by atoms with Crippen LogP contribution in [0, 0.1) is 0 Å². The van der Waals surface area contributed by atoms with Crippen molar-refractivity contribution in [1.82, 2.24) is 10.6 Å². The van der Waals surface area contributed by atoms with Gasteiger partial charge in [-0.25, -0.2) is 0 Å².